The minimum absolute atomic E-state index is 0.268. The molecule has 21 heavy (non-hydrogen) atoms. The maximum absolute atomic E-state index is 5.77. The van der Waals surface area contributed by atoms with Gasteiger partial charge in [0.25, 0.3) is 0 Å². The Morgan fingerprint density at radius 1 is 1.14 bits per heavy atom. The lowest BCUT2D eigenvalue weighted by Gasteiger charge is -2.15. The minimum atomic E-state index is 0.268. The second kappa shape index (κ2) is 8.24. The average Bonchev–Trinajstić information content (AvgIpc) is 2.45. The maximum atomic E-state index is 5.77. The molecule has 3 N–H and O–H groups in total. The van der Waals surface area contributed by atoms with Crippen LogP contribution in [0.3, 0.4) is 0 Å². The monoisotopic (exact) mass is 295 g/mol. The summed E-state index contributed by atoms with van der Waals surface area (Å²) in [6.45, 7) is 4.59. The van der Waals surface area contributed by atoms with Crippen LogP contribution in [0.4, 0.5) is 0 Å². The van der Waals surface area contributed by atoms with Crippen molar-refractivity contribution in [2.24, 2.45) is 10.7 Å². The molecule has 0 radical (unpaired) electrons. The first-order chi connectivity index (χ1) is 10.0. The third-order valence-electron chi connectivity index (χ3n) is 2.89. The van der Waals surface area contributed by atoms with Gasteiger partial charge in [0, 0.05) is 18.2 Å². The molecule has 6 heteroatoms. The molecule has 0 atom stereocenters. The lowest BCUT2D eigenvalue weighted by atomic mass is 10.1. The molecular formula is C15H25N3O3. The van der Waals surface area contributed by atoms with Crippen LogP contribution < -0.4 is 25.3 Å². The molecule has 0 fully saturated rings. The van der Waals surface area contributed by atoms with Gasteiger partial charge in [0.15, 0.2) is 17.5 Å². The van der Waals surface area contributed by atoms with E-state index in [1.807, 2.05) is 26.0 Å². The van der Waals surface area contributed by atoms with Crippen LogP contribution >= 0.6 is 0 Å². The maximum Gasteiger partial charge on any atom is 0.203 e. The van der Waals surface area contributed by atoms with E-state index in [2.05, 4.69) is 10.3 Å². The van der Waals surface area contributed by atoms with Crippen molar-refractivity contribution in [1.29, 1.82) is 0 Å². The smallest absolute Gasteiger partial charge is 0.203 e. The number of methoxy groups -OCH3 is 3. The van der Waals surface area contributed by atoms with Crippen LogP contribution in [-0.2, 0) is 6.42 Å². The molecule has 0 saturated heterocycles. The number of hydrogen-bond acceptors (Lipinski definition) is 4. The van der Waals surface area contributed by atoms with E-state index in [4.69, 9.17) is 19.9 Å². The molecule has 118 valence electrons. The molecule has 0 saturated carbocycles. The number of nitrogens with two attached hydrogens (primary N) is 1. The van der Waals surface area contributed by atoms with Crippen LogP contribution in [0.5, 0.6) is 17.2 Å². The predicted octanol–water partition coefficient (Wildman–Crippen LogP) is 1.57. The van der Waals surface area contributed by atoms with E-state index in [0.717, 1.165) is 5.56 Å². The number of aliphatic imine (C=N–C) groups is 1. The van der Waals surface area contributed by atoms with Gasteiger partial charge >= 0.3 is 0 Å². The Morgan fingerprint density at radius 3 is 2.33 bits per heavy atom. The summed E-state index contributed by atoms with van der Waals surface area (Å²) in [5.74, 6) is 2.35. The molecule has 0 amide bonds. The molecular weight excluding hydrogens is 270 g/mol. The number of guanidine groups is 1. The van der Waals surface area contributed by atoms with Crippen molar-refractivity contribution in [1.82, 2.24) is 5.32 Å². The largest absolute Gasteiger partial charge is 0.493 e. The van der Waals surface area contributed by atoms with Gasteiger partial charge in [0.2, 0.25) is 5.75 Å². The third-order valence-corrected chi connectivity index (χ3v) is 2.89. The molecule has 0 bridgehead atoms. The van der Waals surface area contributed by atoms with Crippen LogP contribution in [-0.4, -0.2) is 39.9 Å². The molecule has 1 aromatic rings. The highest BCUT2D eigenvalue weighted by Gasteiger charge is 2.15. The number of ether oxygens (including phenoxy) is 3. The number of nitrogens with zero attached hydrogens (tertiary/aromatic N) is 1. The van der Waals surface area contributed by atoms with Gasteiger partial charge in [-0.25, -0.2) is 0 Å². The fraction of sp³-hybridized carbons (Fsp3) is 0.533. The summed E-state index contributed by atoms with van der Waals surface area (Å²) in [5.41, 5.74) is 6.77. The highest BCUT2D eigenvalue weighted by Crippen LogP contribution is 2.39. The standard InChI is InChI=1S/C15H25N3O3/c1-10(2)18-15(16)17-9-8-11-6-7-12(19-3)14(21-5)13(11)20-4/h6-7,10H,8-9H2,1-5H3,(H3,16,17,18). The second-order valence-electron chi connectivity index (χ2n) is 4.81. The normalized spacial score (nSPS) is 11.4. The zero-order chi connectivity index (χ0) is 15.8. The van der Waals surface area contributed by atoms with E-state index in [0.29, 0.717) is 36.2 Å². The summed E-state index contributed by atoms with van der Waals surface area (Å²) in [4.78, 5) is 4.29. The SMILES string of the molecule is COc1ccc(CCN=C(N)NC(C)C)c(OC)c1OC. The Morgan fingerprint density at radius 2 is 1.81 bits per heavy atom. The van der Waals surface area contributed by atoms with Crippen molar-refractivity contribution in [3.8, 4) is 17.2 Å². The molecule has 0 aliphatic rings. The molecule has 1 aromatic carbocycles. The first-order valence-corrected chi connectivity index (χ1v) is 6.87. The summed E-state index contributed by atoms with van der Waals surface area (Å²) in [5, 5.41) is 3.05. The number of benzene rings is 1. The Labute approximate surface area is 126 Å². The lowest BCUT2D eigenvalue weighted by Crippen LogP contribution is -2.36. The fourth-order valence-corrected chi connectivity index (χ4v) is 2.00. The van der Waals surface area contributed by atoms with Crippen LogP contribution in [0.1, 0.15) is 19.4 Å². The van der Waals surface area contributed by atoms with E-state index in [1.165, 1.54) is 0 Å². The van der Waals surface area contributed by atoms with Crippen molar-refractivity contribution < 1.29 is 14.2 Å². The van der Waals surface area contributed by atoms with E-state index in [-0.39, 0.29) is 6.04 Å². The quantitative estimate of drug-likeness (QED) is 0.590. The second-order valence-corrected chi connectivity index (χ2v) is 4.81. The molecule has 0 aliphatic carbocycles. The van der Waals surface area contributed by atoms with Crippen LogP contribution in [0.25, 0.3) is 0 Å². The van der Waals surface area contributed by atoms with Gasteiger partial charge in [-0.15, -0.1) is 0 Å². The Hall–Kier alpha value is -2.11. The molecule has 1 rings (SSSR count). The fourth-order valence-electron chi connectivity index (χ4n) is 2.00. The van der Waals surface area contributed by atoms with Crippen molar-refractivity contribution in [2.75, 3.05) is 27.9 Å². The van der Waals surface area contributed by atoms with Crippen LogP contribution in [0.2, 0.25) is 0 Å². The summed E-state index contributed by atoms with van der Waals surface area (Å²) in [6.07, 6.45) is 0.698. The van der Waals surface area contributed by atoms with E-state index < -0.39 is 0 Å². The van der Waals surface area contributed by atoms with Gasteiger partial charge in [-0.2, -0.15) is 0 Å². The minimum Gasteiger partial charge on any atom is -0.493 e. The molecule has 0 spiro atoms. The van der Waals surface area contributed by atoms with Crippen molar-refractivity contribution in [3.05, 3.63) is 17.7 Å². The summed E-state index contributed by atoms with van der Waals surface area (Å²) in [6, 6.07) is 4.07. The van der Waals surface area contributed by atoms with Gasteiger partial charge in [0.1, 0.15) is 0 Å². The Kier molecular flexibility index (Phi) is 6.65. The number of rotatable bonds is 7. The summed E-state index contributed by atoms with van der Waals surface area (Å²) in [7, 11) is 4.80. The zero-order valence-corrected chi connectivity index (χ0v) is 13.4. The van der Waals surface area contributed by atoms with Crippen molar-refractivity contribution in [3.63, 3.8) is 0 Å². The molecule has 0 aliphatic heterocycles. The first-order valence-electron chi connectivity index (χ1n) is 6.87. The predicted molar refractivity (Wildman–Crippen MR) is 84.6 cm³/mol. The molecule has 0 aromatic heterocycles. The lowest BCUT2D eigenvalue weighted by molar-refractivity contribution is 0.322. The van der Waals surface area contributed by atoms with Gasteiger partial charge in [-0.3, -0.25) is 4.99 Å². The van der Waals surface area contributed by atoms with Crippen LogP contribution in [0.15, 0.2) is 17.1 Å². The average molecular weight is 295 g/mol. The van der Waals surface area contributed by atoms with Crippen molar-refractivity contribution >= 4 is 5.96 Å². The van der Waals surface area contributed by atoms with Crippen LogP contribution in [0, 0.1) is 0 Å². The number of nitrogens with one attached hydrogen (secondary N) is 1. The van der Waals surface area contributed by atoms with Gasteiger partial charge in [-0.1, -0.05) is 6.07 Å². The highest BCUT2D eigenvalue weighted by atomic mass is 16.5. The molecule has 6 nitrogen and oxygen atoms in total. The van der Waals surface area contributed by atoms with Crippen molar-refractivity contribution in [2.45, 2.75) is 26.3 Å². The van der Waals surface area contributed by atoms with Gasteiger partial charge in [0.05, 0.1) is 21.3 Å². The Balaban J connectivity index is 2.84. The molecule has 0 heterocycles. The van der Waals surface area contributed by atoms with Gasteiger partial charge in [-0.05, 0) is 26.3 Å². The summed E-state index contributed by atoms with van der Waals surface area (Å²) >= 11 is 0. The topological polar surface area (TPSA) is 78.1 Å². The zero-order valence-electron chi connectivity index (χ0n) is 13.4. The Bertz CT molecular complexity index is 487. The van der Waals surface area contributed by atoms with E-state index >= 15 is 0 Å². The van der Waals surface area contributed by atoms with E-state index in [9.17, 15) is 0 Å². The highest BCUT2D eigenvalue weighted by molar-refractivity contribution is 5.78. The molecule has 0 unspecified atom stereocenters. The number of hydrogen-bond donors (Lipinski definition) is 2. The third kappa shape index (κ3) is 4.73. The summed E-state index contributed by atoms with van der Waals surface area (Å²) < 4.78 is 16.0. The first kappa shape index (κ1) is 16.9. The van der Waals surface area contributed by atoms with E-state index in [1.54, 1.807) is 21.3 Å². The van der Waals surface area contributed by atoms with Gasteiger partial charge < -0.3 is 25.3 Å².